The smallest absolute Gasteiger partial charge is 0.119 e. The van der Waals surface area contributed by atoms with Gasteiger partial charge in [-0.1, -0.05) is 40.2 Å². The lowest BCUT2D eigenvalue weighted by Gasteiger charge is -1.97. The lowest BCUT2D eigenvalue weighted by molar-refractivity contribution is 0.415. The number of methoxy groups -OCH3 is 1. The van der Waals surface area contributed by atoms with Gasteiger partial charge in [-0.3, -0.25) is 0 Å². The first-order valence-corrected chi connectivity index (χ1v) is 7.15. The van der Waals surface area contributed by atoms with Crippen LogP contribution in [0.25, 0.3) is 23.1 Å². The Labute approximate surface area is 126 Å². The van der Waals surface area contributed by atoms with Crippen molar-refractivity contribution in [1.29, 1.82) is 0 Å². The molecule has 20 heavy (non-hydrogen) atoms. The lowest BCUT2D eigenvalue weighted by Crippen LogP contribution is -1.80. The number of aromatic nitrogens is 1. The van der Waals surface area contributed by atoms with Gasteiger partial charge in [-0.25, -0.2) is 0 Å². The van der Waals surface area contributed by atoms with Gasteiger partial charge >= 0.3 is 0 Å². The normalized spacial score (nSPS) is 11.3. The molecule has 0 saturated carbocycles. The second-order valence-electron chi connectivity index (χ2n) is 4.53. The highest BCUT2D eigenvalue weighted by Gasteiger charge is 2.00. The predicted molar refractivity (Wildman–Crippen MR) is 87.9 cm³/mol. The average molecular weight is 328 g/mol. The zero-order valence-corrected chi connectivity index (χ0v) is 12.6. The standard InChI is InChI=1S/C17H14BrNO/c1-20-15-8-9-17-13(11-15)10-14(19-17)7-6-12-4-2-3-5-16(12)18/h2-11,19H,1H3/b7-6+. The summed E-state index contributed by atoms with van der Waals surface area (Å²) in [4.78, 5) is 3.38. The Balaban J connectivity index is 1.93. The number of aromatic amines is 1. The van der Waals surface area contributed by atoms with Crippen LogP contribution in [0.2, 0.25) is 0 Å². The van der Waals surface area contributed by atoms with Crippen molar-refractivity contribution < 1.29 is 4.74 Å². The topological polar surface area (TPSA) is 25.0 Å². The van der Waals surface area contributed by atoms with E-state index in [2.05, 4.69) is 45.2 Å². The molecule has 1 heterocycles. The Kier molecular flexibility index (Phi) is 3.61. The third kappa shape index (κ3) is 2.63. The summed E-state index contributed by atoms with van der Waals surface area (Å²) < 4.78 is 6.33. The monoisotopic (exact) mass is 327 g/mol. The van der Waals surface area contributed by atoms with Crippen molar-refractivity contribution in [3.8, 4) is 5.75 Å². The van der Waals surface area contributed by atoms with E-state index in [0.29, 0.717) is 0 Å². The van der Waals surface area contributed by atoms with Gasteiger partial charge < -0.3 is 9.72 Å². The summed E-state index contributed by atoms with van der Waals surface area (Å²) in [5.74, 6) is 0.873. The zero-order valence-electron chi connectivity index (χ0n) is 11.1. The molecule has 2 nitrogen and oxygen atoms in total. The highest BCUT2D eigenvalue weighted by molar-refractivity contribution is 9.10. The van der Waals surface area contributed by atoms with Gasteiger partial charge in [0.05, 0.1) is 7.11 Å². The van der Waals surface area contributed by atoms with Gasteiger partial charge in [0.25, 0.3) is 0 Å². The van der Waals surface area contributed by atoms with Crippen LogP contribution in [0.3, 0.4) is 0 Å². The highest BCUT2D eigenvalue weighted by atomic mass is 79.9. The maximum atomic E-state index is 5.24. The SMILES string of the molecule is COc1ccc2[nH]c(/C=C/c3ccccc3Br)cc2c1. The fourth-order valence-electron chi connectivity index (χ4n) is 2.14. The van der Waals surface area contributed by atoms with Crippen LogP contribution in [0.15, 0.2) is 53.0 Å². The molecular formula is C17H14BrNO. The number of ether oxygens (including phenoxy) is 1. The van der Waals surface area contributed by atoms with Crippen molar-refractivity contribution in [3.05, 3.63) is 64.3 Å². The van der Waals surface area contributed by atoms with Crippen molar-refractivity contribution in [2.45, 2.75) is 0 Å². The second-order valence-corrected chi connectivity index (χ2v) is 5.39. The van der Waals surface area contributed by atoms with Crippen molar-refractivity contribution in [2.24, 2.45) is 0 Å². The van der Waals surface area contributed by atoms with Crippen LogP contribution in [-0.2, 0) is 0 Å². The Bertz CT molecular complexity index is 774. The number of fused-ring (bicyclic) bond motifs is 1. The summed E-state index contributed by atoms with van der Waals surface area (Å²) in [5, 5.41) is 1.15. The molecule has 0 bridgehead atoms. The van der Waals surface area contributed by atoms with Crippen LogP contribution in [-0.4, -0.2) is 12.1 Å². The maximum Gasteiger partial charge on any atom is 0.119 e. The fraction of sp³-hybridized carbons (Fsp3) is 0.0588. The molecular weight excluding hydrogens is 314 g/mol. The van der Waals surface area contributed by atoms with E-state index in [-0.39, 0.29) is 0 Å². The highest BCUT2D eigenvalue weighted by Crippen LogP contribution is 2.23. The van der Waals surface area contributed by atoms with Crippen LogP contribution in [0.5, 0.6) is 5.75 Å². The van der Waals surface area contributed by atoms with Crippen molar-refractivity contribution >= 4 is 39.0 Å². The number of benzene rings is 2. The van der Waals surface area contributed by atoms with E-state index in [0.717, 1.165) is 32.4 Å². The molecule has 2 aromatic carbocycles. The molecule has 1 N–H and O–H groups in total. The minimum atomic E-state index is 0.873. The number of H-pyrrole nitrogens is 1. The van der Waals surface area contributed by atoms with Gasteiger partial charge in [-0.05, 0) is 42.0 Å². The quantitative estimate of drug-likeness (QED) is 0.710. The Morgan fingerprint density at radius 1 is 1.05 bits per heavy atom. The van der Waals surface area contributed by atoms with E-state index in [1.54, 1.807) is 7.11 Å². The largest absolute Gasteiger partial charge is 0.497 e. The van der Waals surface area contributed by atoms with E-state index in [4.69, 9.17) is 4.74 Å². The average Bonchev–Trinajstić information content (AvgIpc) is 2.88. The Morgan fingerprint density at radius 2 is 1.90 bits per heavy atom. The first kappa shape index (κ1) is 13.0. The lowest BCUT2D eigenvalue weighted by atomic mass is 10.2. The third-order valence-electron chi connectivity index (χ3n) is 3.20. The second kappa shape index (κ2) is 5.55. The van der Waals surface area contributed by atoms with Gasteiger partial charge in [-0.2, -0.15) is 0 Å². The first-order valence-electron chi connectivity index (χ1n) is 6.35. The van der Waals surface area contributed by atoms with Gasteiger partial charge in [0, 0.05) is 21.1 Å². The van der Waals surface area contributed by atoms with Gasteiger partial charge in [0.1, 0.15) is 5.75 Å². The van der Waals surface area contributed by atoms with Crippen LogP contribution in [0.4, 0.5) is 0 Å². The molecule has 3 heteroatoms. The Morgan fingerprint density at radius 3 is 2.70 bits per heavy atom. The summed E-state index contributed by atoms with van der Waals surface area (Å²) in [6, 6.07) is 16.3. The summed E-state index contributed by atoms with van der Waals surface area (Å²) in [6.45, 7) is 0. The molecule has 0 fully saturated rings. The molecule has 0 saturated heterocycles. The fourth-order valence-corrected chi connectivity index (χ4v) is 2.56. The van der Waals surface area contributed by atoms with Crippen molar-refractivity contribution in [3.63, 3.8) is 0 Å². The van der Waals surface area contributed by atoms with Gasteiger partial charge in [-0.15, -0.1) is 0 Å². The molecule has 0 radical (unpaired) electrons. The molecule has 0 aliphatic carbocycles. The molecule has 3 aromatic rings. The first-order chi connectivity index (χ1) is 9.76. The van der Waals surface area contributed by atoms with E-state index >= 15 is 0 Å². The maximum absolute atomic E-state index is 5.24. The van der Waals surface area contributed by atoms with Crippen molar-refractivity contribution in [1.82, 2.24) is 4.98 Å². The third-order valence-corrected chi connectivity index (χ3v) is 3.92. The van der Waals surface area contributed by atoms with E-state index < -0.39 is 0 Å². The summed E-state index contributed by atoms with van der Waals surface area (Å²) >= 11 is 3.55. The van der Waals surface area contributed by atoms with Gasteiger partial charge in [0.2, 0.25) is 0 Å². The van der Waals surface area contributed by atoms with Crippen LogP contribution < -0.4 is 4.74 Å². The molecule has 0 spiro atoms. The molecule has 1 aromatic heterocycles. The minimum absolute atomic E-state index is 0.873. The molecule has 0 aliphatic heterocycles. The number of hydrogen-bond donors (Lipinski definition) is 1. The number of rotatable bonds is 3. The van der Waals surface area contributed by atoms with Crippen LogP contribution in [0.1, 0.15) is 11.3 Å². The van der Waals surface area contributed by atoms with Crippen LogP contribution >= 0.6 is 15.9 Å². The molecule has 0 atom stereocenters. The van der Waals surface area contributed by atoms with E-state index in [1.165, 1.54) is 0 Å². The Hall–Kier alpha value is -2.00. The summed E-state index contributed by atoms with van der Waals surface area (Å²) in [7, 11) is 1.68. The van der Waals surface area contributed by atoms with Crippen LogP contribution in [0, 0.1) is 0 Å². The minimum Gasteiger partial charge on any atom is -0.497 e. The summed E-state index contributed by atoms with van der Waals surface area (Å²) in [6.07, 6.45) is 4.17. The molecule has 0 aliphatic rings. The van der Waals surface area contributed by atoms with E-state index in [1.807, 2.05) is 36.4 Å². The van der Waals surface area contributed by atoms with Crippen molar-refractivity contribution in [2.75, 3.05) is 7.11 Å². The molecule has 100 valence electrons. The molecule has 3 rings (SSSR count). The summed E-state index contributed by atoms with van der Waals surface area (Å²) in [5.41, 5.74) is 3.34. The van der Waals surface area contributed by atoms with E-state index in [9.17, 15) is 0 Å². The number of nitrogens with one attached hydrogen (secondary N) is 1. The zero-order chi connectivity index (χ0) is 13.9. The number of halogens is 1. The predicted octanol–water partition coefficient (Wildman–Crippen LogP) is 5.11. The molecule has 0 amide bonds. The number of hydrogen-bond acceptors (Lipinski definition) is 1. The molecule has 0 unspecified atom stereocenters. The van der Waals surface area contributed by atoms with Gasteiger partial charge in [0.15, 0.2) is 0 Å².